The molecule has 2 rings (SSSR count). The number of aliphatic hydroxyl groups is 1. The summed E-state index contributed by atoms with van der Waals surface area (Å²) in [5.74, 6) is -1.37. The van der Waals surface area contributed by atoms with E-state index in [0.29, 0.717) is 11.3 Å². The van der Waals surface area contributed by atoms with E-state index in [4.69, 9.17) is 4.74 Å². The first-order chi connectivity index (χ1) is 9.37. The van der Waals surface area contributed by atoms with Crippen molar-refractivity contribution in [3.05, 3.63) is 64.7 Å². The molecule has 0 spiro atoms. The number of ether oxygens (including phenoxy) is 1. The standard InChI is InChI=1S/C16H16F2O2/c1-10-9-11(20-3)7-8-12(10)16(2,19)13-5-4-6-14(17)15(13)18/h4-9,19H,1-3H3. The summed E-state index contributed by atoms with van der Waals surface area (Å²) in [6, 6.07) is 8.84. The summed E-state index contributed by atoms with van der Waals surface area (Å²) < 4.78 is 32.3. The number of hydrogen-bond acceptors (Lipinski definition) is 2. The Hall–Kier alpha value is -1.94. The molecule has 1 N–H and O–H groups in total. The number of rotatable bonds is 3. The maximum atomic E-state index is 13.9. The van der Waals surface area contributed by atoms with Crippen LogP contribution in [-0.4, -0.2) is 12.2 Å². The normalized spacial score (nSPS) is 13.9. The van der Waals surface area contributed by atoms with Crippen LogP contribution in [0.15, 0.2) is 36.4 Å². The third-order valence-corrected chi connectivity index (χ3v) is 3.43. The van der Waals surface area contributed by atoms with E-state index in [-0.39, 0.29) is 5.56 Å². The fourth-order valence-electron chi connectivity index (χ4n) is 2.33. The predicted octanol–water partition coefficient (Wildman–Crippen LogP) is 3.54. The minimum Gasteiger partial charge on any atom is -0.497 e. The van der Waals surface area contributed by atoms with E-state index in [0.717, 1.165) is 11.6 Å². The van der Waals surface area contributed by atoms with Gasteiger partial charge in [-0.15, -0.1) is 0 Å². The quantitative estimate of drug-likeness (QED) is 0.930. The largest absolute Gasteiger partial charge is 0.497 e. The molecule has 0 aliphatic heterocycles. The number of methoxy groups -OCH3 is 1. The summed E-state index contributed by atoms with van der Waals surface area (Å²) in [6.07, 6.45) is 0. The van der Waals surface area contributed by atoms with Crippen LogP contribution in [0.2, 0.25) is 0 Å². The van der Waals surface area contributed by atoms with Gasteiger partial charge in [0.15, 0.2) is 11.6 Å². The van der Waals surface area contributed by atoms with E-state index >= 15 is 0 Å². The summed E-state index contributed by atoms with van der Waals surface area (Å²) in [7, 11) is 1.54. The van der Waals surface area contributed by atoms with Crippen molar-refractivity contribution in [2.24, 2.45) is 0 Å². The van der Waals surface area contributed by atoms with Gasteiger partial charge in [-0.3, -0.25) is 0 Å². The molecule has 1 atom stereocenters. The summed E-state index contributed by atoms with van der Waals surface area (Å²) in [6.45, 7) is 3.23. The Morgan fingerprint density at radius 2 is 1.80 bits per heavy atom. The molecular formula is C16H16F2O2. The molecule has 0 aliphatic carbocycles. The van der Waals surface area contributed by atoms with E-state index in [2.05, 4.69) is 0 Å². The van der Waals surface area contributed by atoms with Crippen molar-refractivity contribution in [1.29, 1.82) is 0 Å². The van der Waals surface area contributed by atoms with Gasteiger partial charge in [-0.2, -0.15) is 0 Å². The van der Waals surface area contributed by atoms with Gasteiger partial charge in [0.2, 0.25) is 0 Å². The first-order valence-electron chi connectivity index (χ1n) is 6.20. The minimum atomic E-state index is -1.62. The molecule has 0 radical (unpaired) electrons. The van der Waals surface area contributed by atoms with Crippen LogP contribution in [0.1, 0.15) is 23.6 Å². The van der Waals surface area contributed by atoms with Gasteiger partial charge in [-0.25, -0.2) is 8.78 Å². The molecule has 0 saturated carbocycles. The maximum Gasteiger partial charge on any atom is 0.165 e. The Balaban J connectivity index is 2.57. The predicted molar refractivity (Wildman–Crippen MR) is 72.8 cm³/mol. The van der Waals surface area contributed by atoms with Crippen molar-refractivity contribution in [3.63, 3.8) is 0 Å². The van der Waals surface area contributed by atoms with Gasteiger partial charge in [0.05, 0.1) is 7.11 Å². The molecule has 1 unspecified atom stereocenters. The molecule has 2 aromatic carbocycles. The monoisotopic (exact) mass is 278 g/mol. The first-order valence-corrected chi connectivity index (χ1v) is 6.20. The van der Waals surface area contributed by atoms with Crippen molar-refractivity contribution < 1.29 is 18.6 Å². The molecule has 0 saturated heterocycles. The van der Waals surface area contributed by atoms with Crippen LogP contribution in [0.5, 0.6) is 5.75 Å². The molecule has 0 fully saturated rings. The van der Waals surface area contributed by atoms with Gasteiger partial charge in [-0.05, 0) is 43.2 Å². The Morgan fingerprint density at radius 1 is 1.10 bits per heavy atom. The average molecular weight is 278 g/mol. The van der Waals surface area contributed by atoms with Crippen molar-refractivity contribution in [2.45, 2.75) is 19.4 Å². The summed E-state index contributed by atoms with van der Waals surface area (Å²) in [5, 5.41) is 10.7. The fourth-order valence-corrected chi connectivity index (χ4v) is 2.33. The molecule has 0 aromatic heterocycles. The van der Waals surface area contributed by atoms with Gasteiger partial charge in [0.1, 0.15) is 11.4 Å². The van der Waals surface area contributed by atoms with Crippen LogP contribution in [0.4, 0.5) is 8.78 Å². The van der Waals surface area contributed by atoms with Gasteiger partial charge in [0.25, 0.3) is 0 Å². The number of benzene rings is 2. The zero-order valence-corrected chi connectivity index (χ0v) is 11.6. The van der Waals surface area contributed by atoms with Gasteiger partial charge >= 0.3 is 0 Å². The number of hydrogen-bond donors (Lipinski definition) is 1. The van der Waals surface area contributed by atoms with Crippen molar-refractivity contribution in [2.75, 3.05) is 7.11 Å². The Labute approximate surface area is 116 Å². The number of aryl methyl sites for hydroxylation is 1. The second kappa shape index (κ2) is 5.21. The summed E-state index contributed by atoms with van der Waals surface area (Å²) in [5.41, 5.74) is -0.478. The van der Waals surface area contributed by atoms with Crippen LogP contribution >= 0.6 is 0 Å². The molecule has 0 amide bonds. The zero-order valence-electron chi connectivity index (χ0n) is 11.6. The maximum absolute atomic E-state index is 13.9. The molecular weight excluding hydrogens is 262 g/mol. The van der Waals surface area contributed by atoms with Crippen LogP contribution in [0, 0.1) is 18.6 Å². The third-order valence-electron chi connectivity index (χ3n) is 3.43. The molecule has 20 heavy (non-hydrogen) atoms. The third kappa shape index (κ3) is 2.39. The zero-order chi connectivity index (χ0) is 14.9. The second-order valence-electron chi connectivity index (χ2n) is 4.85. The fraction of sp³-hybridized carbons (Fsp3) is 0.250. The van der Waals surface area contributed by atoms with E-state index in [1.54, 1.807) is 32.2 Å². The smallest absolute Gasteiger partial charge is 0.165 e. The SMILES string of the molecule is COc1ccc(C(C)(O)c2cccc(F)c2F)c(C)c1. The molecule has 0 heterocycles. The first kappa shape index (κ1) is 14.5. The lowest BCUT2D eigenvalue weighted by molar-refractivity contribution is 0.0963. The highest BCUT2D eigenvalue weighted by molar-refractivity contribution is 5.43. The lowest BCUT2D eigenvalue weighted by Crippen LogP contribution is -2.26. The Kier molecular flexibility index (Phi) is 3.77. The van der Waals surface area contributed by atoms with E-state index in [1.807, 2.05) is 0 Å². The summed E-state index contributed by atoms with van der Waals surface area (Å²) in [4.78, 5) is 0. The number of halogens is 2. The van der Waals surface area contributed by atoms with Crippen molar-refractivity contribution >= 4 is 0 Å². The van der Waals surface area contributed by atoms with Crippen LogP contribution < -0.4 is 4.74 Å². The minimum absolute atomic E-state index is 0.0919. The molecule has 4 heteroatoms. The lowest BCUT2D eigenvalue weighted by Gasteiger charge is -2.27. The molecule has 106 valence electrons. The topological polar surface area (TPSA) is 29.5 Å². The van der Waals surface area contributed by atoms with Crippen LogP contribution in [0.3, 0.4) is 0 Å². The van der Waals surface area contributed by atoms with Crippen molar-refractivity contribution in [3.8, 4) is 5.75 Å². The second-order valence-corrected chi connectivity index (χ2v) is 4.85. The highest BCUT2D eigenvalue weighted by Gasteiger charge is 2.31. The van der Waals surface area contributed by atoms with Crippen LogP contribution in [-0.2, 0) is 5.60 Å². The van der Waals surface area contributed by atoms with E-state index in [9.17, 15) is 13.9 Å². The highest BCUT2D eigenvalue weighted by Crippen LogP contribution is 2.34. The lowest BCUT2D eigenvalue weighted by atomic mass is 9.85. The van der Waals surface area contributed by atoms with E-state index < -0.39 is 17.2 Å². The van der Waals surface area contributed by atoms with Crippen LogP contribution in [0.25, 0.3) is 0 Å². The Bertz CT molecular complexity index is 636. The highest BCUT2D eigenvalue weighted by atomic mass is 19.2. The van der Waals surface area contributed by atoms with E-state index in [1.165, 1.54) is 19.1 Å². The van der Waals surface area contributed by atoms with Gasteiger partial charge in [0, 0.05) is 5.56 Å². The molecule has 0 bridgehead atoms. The average Bonchev–Trinajstić information content (AvgIpc) is 2.41. The van der Waals surface area contributed by atoms with Crippen molar-refractivity contribution in [1.82, 2.24) is 0 Å². The van der Waals surface area contributed by atoms with Gasteiger partial charge < -0.3 is 9.84 Å². The molecule has 2 nitrogen and oxygen atoms in total. The molecule has 2 aromatic rings. The molecule has 0 aliphatic rings. The summed E-state index contributed by atoms with van der Waals surface area (Å²) >= 11 is 0. The van der Waals surface area contributed by atoms with Gasteiger partial charge in [-0.1, -0.05) is 18.2 Å². The Morgan fingerprint density at radius 3 is 2.40 bits per heavy atom.